The summed E-state index contributed by atoms with van der Waals surface area (Å²) < 4.78 is 1.48. The summed E-state index contributed by atoms with van der Waals surface area (Å²) in [5.41, 5.74) is 1.76. The highest BCUT2D eigenvalue weighted by atomic mass is 16.6. The van der Waals surface area contributed by atoms with Crippen molar-refractivity contribution in [3.8, 4) is 5.69 Å². The van der Waals surface area contributed by atoms with E-state index in [1.807, 2.05) is 30.3 Å². The summed E-state index contributed by atoms with van der Waals surface area (Å²) in [5.74, 6) is 0.750. The average molecular weight is 403 g/mol. The van der Waals surface area contributed by atoms with Gasteiger partial charge in [0.25, 0.3) is 11.6 Å². The van der Waals surface area contributed by atoms with Gasteiger partial charge in [0.2, 0.25) is 0 Å². The van der Waals surface area contributed by atoms with Gasteiger partial charge in [0.05, 0.1) is 22.4 Å². The molecule has 0 saturated heterocycles. The fourth-order valence-corrected chi connectivity index (χ4v) is 2.95. The monoisotopic (exact) mass is 403 g/mol. The Morgan fingerprint density at radius 3 is 2.53 bits per heavy atom. The molecular weight excluding hydrogens is 386 g/mol. The number of hydrogen-bond donors (Lipinski definition) is 2. The number of amides is 1. The topological polar surface area (TPSA) is 132 Å². The number of nitro groups is 1. The van der Waals surface area contributed by atoms with Gasteiger partial charge in [0.15, 0.2) is 5.82 Å². The summed E-state index contributed by atoms with van der Waals surface area (Å²) in [5, 5.41) is 24.9. The van der Waals surface area contributed by atoms with Gasteiger partial charge in [-0.05, 0) is 24.6 Å². The summed E-state index contributed by atoms with van der Waals surface area (Å²) in [6.45, 7) is 1.79. The predicted molar refractivity (Wildman–Crippen MR) is 107 cm³/mol. The van der Waals surface area contributed by atoms with E-state index in [0.29, 0.717) is 22.9 Å². The van der Waals surface area contributed by atoms with Gasteiger partial charge in [-0.25, -0.2) is 9.67 Å². The molecular formula is C20H17N7O3. The van der Waals surface area contributed by atoms with Gasteiger partial charge in [-0.3, -0.25) is 20.0 Å². The fraction of sp³-hybridized carbons (Fsp3) is 0.100. The van der Waals surface area contributed by atoms with E-state index in [4.69, 9.17) is 0 Å². The van der Waals surface area contributed by atoms with Gasteiger partial charge in [-0.2, -0.15) is 10.2 Å². The lowest BCUT2D eigenvalue weighted by molar-refractivity contribution is -0.384. The Kier molecular flexibility index (Phi) is 5.04. The second-order valence-electron chi connectivity index (χ2n) is 6.54. The minimum Gasteiger partial charge on any atom is -0.338 e. The zero-order valence-corrected chi connectivity index (χ0v) is 15.9. The molecule has 0 radical (unpaired) electrons. The lowest BCUT2D eigenvalue weighted by Crippen LogP contribution is -2.30. The van der Waals surface area contributed by atoms with Crippen LogP contribution in [0.5, 0.6) is 0 Å². The number of nitro benzene ring substituents is 1. The molecule has 1 atom stereocenters. The number of hydrogen-bond acceptors (Lipinski definition) is 6. The number of aromatic amines is 1. The highest BCUT2D eigenvalue weighted by molar-refractivity contribution is 5.94. The van der Waals surface area contributed by atoms with E-state index in [1.165, 1.54) is 23.0 Å². The third-order valence-electron chi connectivity index (χ3n) is 4.45. The maximum Gasteiger partial charge on any atom is 0.269 e. The van der Waals surface area contributed by atoms with Crippen molar-refractivity contribution in [2.24, 2.45) is 0 Å². The molecule has 4 rings (SSSR count). The number of rotatable bonds is 6. The molecule has 2 aromatic heterocycles. The van der Waals surface area contributed by atoms with Gasteiger partial charge in [0.1, 0.15) is 11.9 Å². The molecule has 10 heteroatoms. The highest BCUT2D eigenvalue weighted by Crippen LogP contribution is 2.20. The second kappa shape index (κ2) is 7.95. The Bertz CT molecular complexity index is 1180. The van der Waals surface area contributed by atoms with Crippen molar-refractivity contribution in [3.63, 3.8) is 0 Å². The van der Waals surface area contributed by atoms with Crippen molar-refractivity contribution >= 4 is 11.6 Å². The number of aryl methyl sites for hydroxylation is 1. The third-order valence-corrected chi connectivity index (χ3v) is 4.45. The number of carbonyl (C=O) groups excluding carboxylic acids is 1. The van der Waals surface area contributed by atoms with E-state index in [-0.39, 0.29) is 11.6 Å². The standard InChI is InChI=1S/C20H17N7O3/c1-13-22-19(25-24-13)18(14-5-3-2-4-6-14)23-20(28)15-11-21-26(12-15)16-7-9-17(10-8-16)27(29)30/h2-12,18H,1H3,(H,23,28)(H,22,24,25). The third kappa shape index (κ3) is 3.92. The molecule has 150 valence electrons. The van der Waals surface area contributed by atoms with Crippen LogP contribution in [0.1, 0.15) is 33.6 Å². The Balaban J connectivity index is 1.57. The molecule has 1 unspecified atom stereocenters. The smallest absolute Gasteiger partial charge is 0.269 e. The van der Waals surface area contributed by atoms with Crippen LogP contribution in [0.3, 0.4) is 0 Å². The molecule has 0 aliphatic rings. The van der Waals surface area contributed by atoms with Crippen LogP contribution in [-0.4, -0.2) is 35.8 Å². The highest BCUT2D eigenvalue weighted by Gasteiger charge is 2.22. The zero-order chi connectivity index (χ0) is 21.1. The summed E-state index contributed by atoms with van der Waals surface area (Å²) in [4.78, 5) is 27.6. The number of H-pyrrole nitrogens is 1. The SMILES string of the molecule is Cc1nc(C(NC(=O)c2cnn(-c3ccc([N+](=O)[O-])cc3)c2)c2ccccc2)n[nH]1. The van der Waals surface area contributed by atoms with Crippen LogP contribution in [0.2, 0.25) is 0 Å². The normalized spacial score (nSPS) is 11.8. The molecule has 30 heavy (non-hydrogen) atoms. The maximum absolute atomic E-state index is 12.9. The van der Waals surface area contributed by atoms with E-state index in [0.717, 1.165) is 5.56 Å². The molecule has 2 heterocycles. The number of aromatic nitrogens is 5. The van der Waals surface area contributed by atoms with Crippen LogP contribution in [-0.2, 0) is 0 Å². The van der Waals surface area contributed by atoms with Gasteiger partial charge >= 0.3 is 0 Å². The molecule has 0 spiro atoms. The van der Waals surface area contributed by atoms with E-state index in [9.17, 15) is 14.9 Å². The average Bonchev–Trinajstić information content (AvgIpc) is 3.42. The van der Waals surface area contributed by atoms with Crippen LogP contribution < -0.4 is 5.32 Å². The molecule has 0 aliphatic carbocycles. The molecule has 10 nitrogen and oxygen atoms in total. The fourth-order valence-electron chi connectivity index (χ4n) is 2.95. The van der Waals surface area contributed by atoms with Crippen molar-refractivity contribution in [1.82, 2.24) is 30.3 Å². The van der Waals surface area contributed by atoms with Crippen LogP contribution in [0.4, 0.5) is 5.69 Å². The van der Waals surface area contributed by atoms with Crippen molar-refractivity contribution in [3.05, 3.63) is 99.9 Å². The number of non-ortho nitro benzene ring substituents is 1. The van der Waals surface area contributed by atoms with Crippen molar-refractivity contribution in [2.45, 2.75) is 13.0 Å². The van der Waals surface area contributed by atoms with Crippen molar-refractivity contribution < 1.29 is 9.72 Å². The lowest BCUT2D eigenvalue weighted by atomic mass is 10.1. The van der Waals surface area contributed by atoms with Crippen LogP contribution in [0, 0.1) is 17.0 Å². The lowest BCUT2D eigenvalue weighted by Gasteiger charge is -2.15. The Hall–Kier alpha value is -4.34. The van der Waals surface area contributed by atoms with Gasteiger partial charge in [-0.15, -0.1) is 0 Å². The Labute approximate surface area is 170 Å². The number of carbonyl (C=O) groups is 1. The summed E-state index contributed by atoms with van der Waals surface area (Å²) in [6, 6.07) is 14.8. The molecule has 2 N–H and O–H groups in total. The minimum absolute atomic E-state index is 0.0172. The molecule has 0 bridgehead atoms. The van der Waals surface area contributed by atoms with Crippen LogP contribution in [0.25, 0.3) is 5.69 Å². The van der Waals surface area contributed by atoms with Gasteiger partial charge < -0.3 is 5.32 Å². The minimum atomic E-state index is -0.536. The van der Waals surface area contributed by atoms with E-state index in [2.05, 4.69) is 25.6 Å². The van der Waals surface area contributed by atoms with E-state index in [1.54, 1.807) is 25.3 Å². The van der Waals surface area contributed by atoms with E-state index < -0.39 is 11.0 Å². The Morgan fingerprint density at radius 1 is 1.17 bits per heavy atom. The van der Waals surface area contributed by atoms with Crippen molar-refractivity contribution in [1.29, 1.82) is 0 Å². The molecule has 0 aliphatic heterocycles. The quantitative estimate of drug-likeness (QED) is 0.376. The zero-order valence-electron chi connectivity index (χ0n) is 15.9. The number of benzene rings is 2. The molecule has 2 aromatic carbocycles. The summed E-state index contributed by atoms with van der Waals surface area (Å²) in [7, 11) is 0. The second-order valence-corrected chi connectivity index (χ2v) is 6.54. The maximum atomic E-state index is 12.9. The first-order chi connectivity index (χ1) is 14.5. The van der Waals surface area contributed by atoms with Crippen molar-refractivity contribution in [2.75, 3.05) is 0 Å². The summed E-state index contributed by atoms with van der Waals surface area (Å²) >= 11 is 0. The Morgan fingerprint density at radius 2 is 1.90 bits per heavy atom. The first-order valence-corrected chi connectivity index (χ1v) is 9.05. The van der Waals surface area contributed by atoms with Crippen LogP contribution in [0.15, 0.2) is 67.0 Å². The largest absolute Gasteiger partial charge is 0.338 e. The van der Waals surface area contributed by atoms with Gasteiger partial charge in [0, 0.05) is 18.3 Å². The van der Waals surface area contributed by atoms with E-state index >= 15 is 0 Å². The molecule has 4 aromatic rings. The number of nitrogens with zero attached hydrogens (tertiary/aromatic N) is 5. The van der Waals surface area contributed by atoms with Crippen LogP contribution >= 0.6 is 0 Å². The predicted octanol–water partition coefficient (Wildman–Crippen LogP) is 2.73. The molecule has 0 fully saturated rings. The molecule has 1 amide bonds. The summed E-state index contributed by atoms with van der Waals surface area (Å²) in [6.07, 6.45) is 2.99. The first kappa shape index (κ1) is 19.0. The first-order valence-electron chi connectivity index (χ1n) is 9.05. The number of nitrogens with one attached hydrogen (secondary N) is 2. The van der Waals surface area contributed by atoms with Gasteiger partial charge in [-0.1, -0.05) is 30.3 Å². The molecule has 0 saturated carbocycles.